The Kier molecular flexibility index (Phi) is 5.72. The number of halogens is 2. The first-order chi connectivity index (χ1) is 14.4. The second-order valence-electron chi connectivity index (χ2n) is 6.34. The molecule has 152 valence electrons. The highest BCUT2D eigenvalue weighted by Crippen LogP contribution is 2.34. The van der Waals surface area contributed by atoms with Gasteiger partial charge in [-0.3, -0.25) is 14.2 Å². The van der Waals surface area contributed by atoms with Crippen LogP contribution in [0.1, 0.15) is 0 Å². The van der Waals surface area contributed by atoms with Gasteiger partial charge in [0.25, 0.3) is 5.56 Å². The van der Waals surface area contributed by atoms with Gasteiger partial charge in [-0.1, -0.05) is 23.2 Å². The Labute approximate surface area is 185 Å². The van der Waals surface area contributed by atoms with Gasteiger partial charge in [-0.15, -0.1) is 0 Å². The van der Waals surface area contributed by atoms with Gasteiger partial charge in [0, 0.05) is 38.3 Å². The highest BCUT2D eigenvalue weighted by Gasteiger charge is 2.15. The Morgan fingerprint density at radius 3 is 2.53 bits per heavy atom. The van der Waals surface area contributed by atoms with E-state index in [1.165, 1.54) is 18.0 Å². The summed E-state index contributed by atoms with van der Waals surface area (Å²) in [7, 11) is 0. The van der Waals surface area contributed by atoms with Crippen molar-refractivity contribution < 1.29 is 9.90 Å². The number of fused-ring (bicyclic) bond motifs is 1. The monoisotopic (exact) mass is 460 g/mol. The lowest BCUT2D eigenvalue weighted by atomic mass is 10.2. The minimum atomic E-state index is -0.967. The first kappa shape index (κ1) is 20.3. The number of aromatic nitrogens is 3. The van der Waals surface area contributed by atoms with Crippen LogP contribution < -0.4 is 9.86 Å². The van der Waals surface area contributed by atoms with Gasteiger partial charge < -0.3 is 9.41 Å². The van der Waals surface area contributed by atoms with Crippen molar-refractivity contribution in [3.8, 4) is 5.82 Å². The zero-order valence-corrected chi connectivity index (χ0v) is 17.6. The van der Waals surface area contributed by atoms with Crippen LogP contribution in [0.4, 0.5) is 5.69 Å². The minimum absolute atomic E-state index is 0.220. The second kappa shape index (κ2) is 8.43. The van der Waals surface area contributed by atoms with Crippen LogP contribution >= 0.6 is 35.1 Å². The number of carbonyl (C=O) groups is 1. The molecule has 0 aliphatic heterocycles. The van der Waals surface area contributed by atoms with Crippen LogP contribution in [0.25, 0.3) is 16.7 Å². The Morgan fingerprint density at radius 1 is 1.10 bits per heavy atom. The van der Waals surface area contributed by atoms with Crippen LogP contribution in [0.3, 0.4) is 0 Å². The summed E-state index contributed by atoms with van der Waals surface area (Å²) in [5.74, 6) is -0.395. The van der Waals surface area contributed by atoms with Gasteiger partial charge in [0.1, 0.15) is 6.54 Å². The summed E-state index contributed by atoms with van der Waals surface area (Å²) in [6.07, 6.45) is 1.83. The normalized spacial score (nSPS) is 11.0. The van der Waals surface area contributed by atoms with Gasteiger partial charge in [-0.2, -0.15) is 5.10 Å². The Morgan fingerprint density at radius 2 is 1.87 bits per heavy atom. The van der Waals surface area contributed by atoms with Crippen LogP contribution in [0.2, 0.25) is 10.0 Å². The van der Waals surface area contributed by atoms with E-state index in [9.17, 15) is 14.7 Å². The van der Waals surface area contributed by atoms with Gasteiger partial charge in [-0.05, 0) is 60.5 Å². The number of carboxylic acid groups (broad SMARTS) is 1. The van der Waals surface area contributed by atoms with E-state index in [1.54, 1.807) is 28.6 Å². The second-order valence-corrected chi connectivity index (χ2v) is 8.30. The van der Waals surface area contributed by atoms with Crippen molar-refractivity contribution in [2.24, 2.45) is 0 Å². The number of anilines is 1. The third-order valence-electron chi connectivity index (χ3n) is 4.20. The third kappa shape index (κ3) is 4.46. The van der Waals surface area contributed by atoms with Gasteiger partial charge in [0.15, 0.2) is 5.82 Å². The molecular formula is C20H14Cl2N4O3S. The molecule has 0 fully saturated rings. The molecule has 0 saturated carbocycles. The predicted octanol–water partition coefficient (Wildman–Crippen LogP) is 4.62. The fraction of sp³-hybridized carbons (Fsp3) is 0.0500. The molecule has 2 aromatic carbocycles. The van der Waals surface area contributed by atoms with Crippen molar-refractivity contribution in [2.75, 3.05) is 10.8 Å². The topological polar surface area (TPSA) is 91.2 Å². The van der Waals surface area contributed by atoms with Crippen LogP contribution in [0.15, 0.2) is 70.5 Å². The number of benzene rings is 2. The van der Waals surface area contributed by atoms with Crippen molar-refractivity contribution >= 4 is 57.7 Å². The number of hydrogen-bond acceptors (Lipinski definition) is 5. The van der Waals surface area contributed by atoms with E-state index >= 15 is 0 Å². The number of aliphatic carboxylic acids is 1. The van der Waals surface area contributed by atoms with Gasteiger partial charge in [-0.25, -0.2) is 5.10 Å². The first-order valence-corrected chi connectivity index (χ1v) is 10.2. The summed E-state index contributed by atoms with van der Waals surface area (Å²) >= 11 is 13.4. The van der Waals surface area contributed by atoms with Crippen LogP contribution in [0, 0.1) is 0 Å². The molecule has 0 spiro atoms. The van der Waals surface area contributed by atoms with Gasteiger partial charge >= 0.3 is 5.97 Å². The standard InChI is InChI=1S/C20H14Cl2N4O3S/c21-13-8-14(22)10-16(9-13)30-26(11-20(28)29)15-1-2-17-12(7-15)5-6-25(17)18-3-4-19(27)24-23-18/h1-10H,11H2,(H,24,27)(H,28,29). The van der Waals surface area contributed by atoms with Crippen LogP contribution in [-0.2, 0) is 4.79 Å². The van der Waals surface area contributed by atoms with Gasteiger partial charge in [0.2, 0.25) is 0 Å². The lowest BCUT2D eigenvalue weighted by molar-refractivity contribution is -0.135. The number of hydrogen-bond donors (Lipinski definition) is 2. The fourth-order valence-corrected chi connectivity index (χ4v) is 4.63. The van der Waals surface area contributed by atoms with Crippen molar-refractivity contribution in [3.63, 3.8) is 0 Å². The summed E-state index contributed by atoms with van der Waals surface area (Å²) < 4.78 is 3.49. The minimum Gasteiger partial charge on any atom is -0.480 e. The smallest absolute Gasteiger partial charge is 0.324 e. The molecule has 4 rings (SSSR count). The lowest BCUT2D eigenvalue weighted by Gasteiger charge is -2.22. The molecule has 2 aromatic heterocycles. The maximum Gasteiger partial charge on any atom is 0.324 e. The fourth-order valence-electron chi connectivity index (χ4n) is 2.96. The third-order valence-corrected chi connectivity index (χ3v) is 5.65. The summed E-state index contributed by atoms with van der Waals surface area (Å²) in [6.45, 7) is -0.220. The number of H-pyrrole nitrogens is 1. The number of nitrogens with zero attached hydrogens (tertiary/aromatic N) is 3. The van der Waals surface area contributed by atoms with E-state index in [4.69, 9.17) is 23.2 Å². The molecule has 0 aliphatic rings. The van der Waals surface area contributed by atoms with E-state index in [-0.39, 0.29) is 12.1 Å². The number of rotatable bonds is 6. The molecule has 0 radical (unpaired) electrons. The van der Waals surface area contributed by atoms with E-state index < -0.39 is 5.97 Å². The highest BCUT2D eigenvalue weighted by atomic mass is 35.5. The van der Waals surface area contributed by atoms with Crippen LogP contribution in [-0.4, -0.2) is 32.4 Å². The average Bonchev–Trinajstić information content (AvgIpc) is 3.10. The predicted molar refractivity (Wildman–Crippen MR) is 119 cm³/mol. The largest absolute Gasteiger partial charge is 0.480 e. The quantitative estimate of drug-likeness (QED) is 0.408. The summed E-state index contributed by atoms with van der Waals surface area (Å²) in [4.78, 5) is 23.4. The van der Waals surface area contributed by atoms with E-state index in [1.807, 2.05) is 35.0 Å². The van der Waals surface area contributed by atoms with E-state index in [2.05, 4.69) is 10.2 Å². The molecule has 2 heterocycles. The lowest BCUT2D eigenvalue weighted by Crippen LogP contribution is -2.22. The zero-order valence-electron chi connectivity index (χ0n) is 15.3. The van der Waals surface area contributed by atoms with Crippen molar-refractivity contribution in [2.45, 2.75) is 4.90 Å². The summed E-state index contributed by atoms with van der Waals surface area (Å²) in [5, 5.41) is 17.7. The van der Waals surface area contributed by atoms with E-state index in [0.29, 0.717) is 21.6 Å². The zero-order chi connectivity index (χ0) is 21.3. The summed E-state index contributed by atoms with van der Waals surface area (Å²) in [6, 6.07) is 15.6. The number of aromatic amines is 1. The van der Waals surface area contributed by atoms with Crippen molar-refractivity contribution in [1.29, 1.82) is 0 Å². The molecule has 0 saturated heterocycles. The molecule has 2 N–H and O–H groups in total. The maximum absolute atomic E-state index is 11.4. The molecule has 30 heavy (non-hydrogen) atoms. The maximum atomic E-state index is 11.4. The SMILES string of the molecule is O=C(O)CN(Sc1cc(Cl)cc(Cl)c1)c1ccc2c(ccn2-c2ccc(=O)[nH]n2)c1. The first-order valence-electron chi connectivity index (χ1n) is 8.70. The highest BCUT2D eigenvalue weighted by molar-refractivity contribution is 8.00. The van der Waals surface area contributed by atoms with Gasteiger partial charge in [0.05, 0.1) is 5.52 Å². The van der Waals surface area contributed by atoms with Crippen molar-refractivity contribution in [1.82, 2.24) is 14.8 Å². The Hall–Kier alpha value is -2.94. The van der Waals surface area contributed by atoms with Crippen molar-refractivity contribution in [3.05, 3.63) is 81.2 Å². The molecular weight excluding hydrogens is 447 g/mol. The molecule has 0 bridgehead atoms. The molecule has 10 heteroatoms. The van der Waals surface area contributed by atoms with Crippen LogP contribution in [0.5, 0.6) is 0 Å². The molecule has 4 aromatic rings. The molecule has 0 atom stereocenters. The molecule has 7 nitrogen and oxygen atoms in total. The average molecular weight is 461 g/mol. The molecule has 0 unspecified atom stereocenters. The molecule has 0 amide bonds. The summed E-state index contributed by atoms with van der Waals surface area (Å²) in [5.41, 5.74) is 1.29. The van der Waals surface area contributed by atoms with E-state index in [0.717, 1.165) is 15.8 Å². The number of nitrogens with one attached hydrogen (secondary N) is 1. The Balaban J connectivity index is 1.70. The number of carboxylic acids is 1. The molecule has 0 aliphatic carbocycles. The Bertz CT molecular complexity index is 1260.